The summed E-state index contributed by atoms with van der Waals surface area (Å²) in [5, 5.41) is 6.00. The fourth-order valence-electron chi connectivity index (χ4n) is 2.48. The van der Waals surface area contributed by atoms with Crippen LogP contribution in [0.1, 0.15) is 22.3 Å². The first-order chi connectivity index (χ1) is 12.6. The third kappa shape index (κ3) is 5.89. The minimum atomic E-state index is -0.475. The Bertz CT molecular complexity index is 746. The van der Waals surface area contributed by atoms with E-state index in [0.717, 1.165) is 18.7 Å². The van der Waals surface area contributed by atoms with Gasteiger partial charge in [-0.25, -0.2) is 4.79 Å². The van der Waals surface area contributed by atoms with Crippen LogP contribution in [0.5, 0.6) is 5.75 Å². The van der Waals surface area contributed by atoms with Crippen LogP contribution in [0.2, 0.25) is 0 Å². The molecule has 6 heteroatoms. The largest absolute Gasteiger partial charge is 0.497 e. The number of hydrogen-bond donors (Lipinski definition) is 2. The molecule has 1 amide bonds. The normalized spacial score (nSPS) is 10.2. The summed E-state index contributed by atoms with van der Waals surface area (Å²) in [6.45, 7) is 1.31. The molecule has 138 valence electrons. The first kappa shape index (κ1) is 19.5. The number of para-hydroxylation sites is 1. The van der Waals surface area contributed by atoms with E-state index in [1.807, 2.05) is 24.3 Å². The summed E-state index contributed by atoms with van der Waals surface area (Å²) < 4.78 is 9.92. The van der Waals surface area contributed by atoms with Crippen LogP contribution in [0, 0.1) is 0 Å². The number of esters is 1. The van der Waals surface area contributed by atoms with E-state index in [1.54, 1.807) is 31.4 Å². The van der Waals surface area contributed by atoms with Crippen LogP contribution in [0.3, 0.4) is 0 Å². The highest BCUT2D eigenvalue weighted by atomic mass is 16.5. The molecular weight excluding hydrogens is 332 g/mol. The molecule has 0 aromatic heterocycles. The van der Waals surface area contributed by atoms with E-state index in [2.05, 4.69) is 10.6 Å². The highest BCUT2D eigenvalue weighted by molar-refractivity contribution is 6.01. The average Bonchev–Trinajstić information content (AvgIpc) is 2.67. The van der Waals surface area contributed by atoms with Crippen LogP contribution in [-0.4, -0.2) is 39.2 Å². The van der Waals surface area contributed by atoms with E-state index in [1.165, 1.54) is 12.7 Å². The number of methoxy groups -OCH3 is 2. The highest BCUT2D eigenvalue weighted by Crippen LogP contribution is 2.16. The highest BCUT2D eigenvalue weighted by Gasteiger charge is 2.12. The second kappa shape index (κ2) is 10.2. The molecule has 0 radical (unpaired) electrons. The second-order valence-corrected chi connectivity index (χ2v) is 5.69. The van der Waals surface area contributed by atoms with Gasteiger partial charge in [0.2, 0.25) is 5.91 Å². The average molecular weight is 356 g/mol. The summed E-state index contributed by atoms with van der Waals surface area (Å²) >= 11 is 0. The van der Waals surface area contributed by atoms with Crippen molar-refractivity contribution >= 4 is 17.6 Å². The van der Waals surface area contributed by atoms with Gasteiger partial charge in [-0.3, -0.25) is 4.79 Å². The van der Waals surface area contributed by atoms with Crippen LogP contribution >= 0.6 is 0 Å². The Morgan fingerprint density at radius 2 is 1.81 bits per heavy atom. The molecule has 2 N–H and O–H groups in total. The number of nitrogens with one attached hydrogen (secondary N) is 2. The zero-order chi connectivity index (χ0) is 18.8. The molecule has 2 rings (SSSR count). The summed E-state index contributed by atoms with van der Waals surface area (Å²) in [6, 6.07) is 14.7. The molecule has 0 saturated carbocycles. The number of carbonyl (C=O) groups is 2. The molecule has 0 fully saturated rings. The predicted molar refractivity (Wildman–Crippen MR) is 101 cm³/mol. The molecule has 2 aromatic rings. The van der Waals surface area contributed by atoms with Gasteiger partial charge < -0.3 is 20.1 Å². The van der Waals surface area contributed by atoms with Crippen LogP contribution in [0.15, 0.2) is 48.5 Å². The van der Waals surface area contributed by atoms with Gasteiger partial charge in [0.15, 0.2) is 0 Å². The lowest BCUT2D eigenvalue weighted by atomic mass is 10.1. The standard InChI is InChI=1S/C20H24N2O4/c1-25-16-7-5-6-15(14-16)10-12-21-13-11-19(23)22-18-9-4-3-8-17(18)20(24)26-2/h3-9,14,21H,10-13H2,1-2H3,(H,22,23). The fourth-order valence-corrected chi connectivity index (χ4v) is 2.48. The maximum absolute atomic E-state index is 12.1. The number of anilines is 1. The maximum atomic E-state index is 12.1. The van der Waals surface area contributed by atoms with E-state index in [4.69, 9.17) is 9.47 Å². The Kier molecular flexibility index (Phi) is 7.64. The summed E-state index contributed by atoms with van der Waals surface area (Å²) in [7, 11) is 2.96. The fraction of sp³-hybridized carbons (Fsp3) is 0.300. The molecule has 0 spiro atoms. The van der Waals surface area contributed by atoms with E-state index < -0.39 is 5.97 Å². The van der Waals surface area contributed by atoms with Crippen LogP contribution in [0.4, 0.5) is 5.69 Å². The quantitative estimate of drug-likeness (QED) is 0.534. The smallest absolute Gasteiger partial charge is 0.339 e. The summed E-state index contributed by atoms with van der Waals surface area (Å²) in [5.74, 6) is 0.207. The van der Waals surface area contributed by atoms with Crippen LogP contribution < -0.4 is 15.4 Å². The third-order valence-corrected chi connectivity index (χ3v) is 3.86. The zero-order valence-electron chi connectivity index (χ0n) is 15.1. The molecule has 0 saturated heterocycles. The Hall–Kier alpha value is -2.86. The summed E-state index contributed by atoms with van der Waals surface area (Å²) in [5.41, 5.74) is 1.98. The number of hydrogen-bond acceptors (Lipinski definition) is 5. The topological polar surface area (TPSA) is 76.7 Å². The lowest BCUT2D eigenvalue weighted by Gasteiger charge is -2.10. The number of carbonyl (C=O) groups excluding carboxylic acids is 2. The van der Waals surface area contributed by atoms with Crippen LogP contribution in [-0.2, 0) is 16.0 Å². The van der Waals surface area contributed by atoms with E-state index in [0.29, 0.717) is 24.2 Å². The lowest BCUT2D eigenvalue weighted by Crippen LogP contribution is -2.24. The Morgan fingerprint density at radius 3 is 2.58 bits per heavy atom. The van der Waals surface area contributed by atoms with Gasteiger partial charge in [0.05, 0.1) is 25.5 Å². The summed E-state index contributed by atoms with van der Waals surface area (Å²) in [4.78, 5) is 23.8. The minimum Gasteiger partial charge on any atom is -0.497 e. The van der Waals surface area contributed by atoms with Crippen molar-refractivity contribution in [1.82, 2.24) is 5.32 Å². The second-order valence-electron chi connectivity index (χ2n) is 5.69. The van der Waals surface area contributed by atoms with E-state index in [-0.39, 0.29) is 5.91 Å². The molecular formula is C20H24N2O4. The van der Waals surface area contributed by atoms with Crippen molar-refractivity contribution in [3.63, 3.8) is 0 Å². The van der Waals surface area contributed by atoms with Gasteiger partial charge in [0.1, 0.15) is 5.75 Å². The van der Waals surface area contributed by atoms with Crippen LogP contribution in [0.25, 0.3) is 0 Å². The van der Waals surface area contributed by atoms with Crippen molar-refractivity contribution in [3.05, 3.63) is 59.7 Å². The van der Waals surface area contributed by atoms with Crippen molar-refractivity contribution in [1.29, 1.82) is 0 Å². The number of amides is 1. The minimum absolute atomic E-state index is 0.157. The molecule has 0 aliphatic rings. The molecule has 6 nitrogen and oxygen atoms in total. The van der Waals surface area contributed by atoms with Gasteiger partial charge in [-0.15, -0.1) is 0 Å². The van der Waals surface area contributed by atoms with Crippen molar-refractivity contribution in [2.45, 2.75) is 12.8 Å². The van der Waals surface area contributed by atoms with Crippen molar-refractivity contribution in [2.75, 3.05) is 32.6 Å². The lowest BCUT2D eigenvalue weighted by molar-refractivity contribution is -0.116. The van der Waals surface area contributed by atoms with E-state index >= 15 is 0 Å². The monoisotopic (exact) mass is 356 g/mol. The molecule has 0 atom stereocenters. The first-order valence-electron chi connectivity index (χ1n) is 8.45. The Morgan fingerprint density at radius 1 is 1.00 bits per heavy atom. The zero-order valence-corrected chi connectivity index (χ0v) is 15.1. The predicted octanol–water partition coefficient (Wildman–Crippen LogP) is 2.64. The Labute approximate surface area is 153 Å². The third-order valence-electron chi connectivity index (χ3n) is 3.86. The number of ether oxygens (including phenoxy) is 2. The maximum Gasteiger partial charge on any atom is 0.339 e. The van der Waals surface area contributed by atoms with Crippen molar-refractivity contribution in [3.8, 4) is 5.75 Å². The van der Waals surface area contributed by atoms with Crippen molar-refractivity contribution < 1.29 is 19.1 Å². The van der Waals surface area contributed by atoms with Gasteiger partial charge in [-0.2, -0.15) is 0 Å². The first-order valence-corrected chi connectivity index (χ1v) is 8.45. The molecule has 0 heterocycles. The molecule has 26 heavy (non-hydrogen) atoms. The molecule has 0 aliphatic heterocycles. The molecule has 0 bridgehead atoms. The number of rotatable bonds is 9. The molecule has 0 aliphatic carbocycles. The van der Waals surface area contributed by atoms with Crippen molar-refractivity contribution in [2.24, 2.45) is 0 Å². The van der Waals surface area contributed by atoms with Gasteiger partial charge in [0.25, 0.3) is 0 Å². The molecule has 2 aromatic carbocycles. The summed E-state index contributed by atoms with van der Waals surface area (Å²) in [6.07, 6.45) is 1.16. The number of benzene rings is 2. The van der Waals surface area contributed by atoms with Gasteiger partial charge >= 0.3 is 5.97 Å². The van der Waals surface area contributed by atoms with Gasteiger partial charge in [-0.05, 0) is 42.8 Å². The van der Waals surface area contributed by atoms with E-state index in [9.17, 15) is 9.59 Å². The SMILES string of the molecule is COC(=O)c1ccccc1NC(=O)CCNCCc1cccc(OC)c1. The molecule has 0 unspecified atom stereocenters. The van der Waals surface area contributed by atoms with Gasteiger partial charge in [-0.1, -0.05) is 24.3 Å². The Balaban J connectivity index is 1.73. The van der Waals surface area contributed by atoms with Gasteiger partial charge in [0, 0.05) is 13.0 Å².